The van der Waals surface area contributed by atoms with Crippen molar-refractivity contribution >= 4 is 11.5 Å². The standard InChI is InChI=1S/C17H19NO2/c1-14(19)13-18(16-9-5-3-6-10-16)15(2)20-17-11-7-4-8-12-17/h3-12,15H,13H2,1-2H3. The number of benzene rings is 2. The van der Waals surface area contributed by atoms with Crippen LogP contribution in [-0.2, 0) is 4.79 Å². The third kappa shape index (κ3) is 3.85. The molecule has 0 saturated heterocycles. The maximum atomic E-state index is 11.5. The van der Waals surface area contributed by atoms with Crippen LogP contribution in [0.15, 0.2) is 60.7 Å². The lowest BCUT2D eigenvalue weighted by Gasteiger charge is -2.30. The quantitative estimate of drug-likeness (QED) is 0.752. The minimum absolute atomic E-state index is 0.109. The molecule has 0 saturated carbocycles. The minimum atomic E-state index is -0.219. The van der Waals surface area contributed by atoms with Crippen LogP contribution in [0.1, 0.15) is 13.8 Å². The van der Waals surface area contributed by atoms with Crippen LogP contribution in [0.4, 0.5) is 5.69 Å². The highest BCUT2D eigenvalue weighted by Gasteiger charge is 2.17. The monoisotopic (exact) mass is 269 g/mol. The summed E-state index contributed by atoms with van der Waals surface area (Å²) in [6.45, 7) is 3.87. The summed E-state index contributed by atoms with van der Waals surface area (Å²) in [5.41, 5.74) is 0.978. The van der Waals surface area contributed by atoms with Gasteiger partial charge < -0.3 is 9.64 Å². The smallest absolute Gasteiger partial charge is 0.169 e. The van der Waals surface area contributed by atoms with Gasteiger partial charge in [-0.1, -0.05) is 36.4 Å². The lowest BCUT2D eigenvalue weighted by molar-refractivity contribution is -0.116. The maximum Gasteiger partial charge on any atom is 0.169 e. The van der Waals surface area contributed by atoms with Crippen molar-refractivity contribution in [1.82, 2.24) is 0 Å². The number of para-hydroxylation sites is 2. The van der Waals surface area contributed by atoms with Crippen LogP contribution >= 0.6 is 0 Å². The lowest BCUT2D eigenvalue weighted by atomic mass is 10.2. The zero-order valence-corrected chi connectivity index (χ0v) is 11.8. The Balaban J connectivity index is 2.16. The van der Waals surface area contributed by atoms with E-state index in [0.29, 0.717) is 6.54 Å². The Morgan fingerprint density at radius 1 is 1.05 bits per heavy atom. The van der Waals surface area contributed by atoms with Crippen molar-refractivity contribution in [3.05, 3.63) is 60.7 Å². The van der Waals surface area contributed by atoms with Gasteiger partial charge >= 0.3 is 0 Å². The molecule has 0 amide bonds. The van der Waals surface area contributed by atoms with Crippen LogP contribution in [0.25, 0.3) is 0 Å². The number of carbonyl (C=O) groups excluding carboxylic acids is 1. The minimum Gasteiger partial charge on any atom is -0.471 e. The molecule has 3 heteroatoms. The molecule has 20 heavy (non-hydrogen) atoms. The average molecular weight is 269 g/mol. The van der Waals surface area contributed by atoms with E-state index in [-0.39, 0.29) is 12.0 Å². The highest BCUT2D eigenvalue weighted by Crippen LogP contribution is 2.19. The molecule has 2 rings (SSSR count). The van der Waals surface area contributed by atoms with Crippen molar-refractivity contribution in [2.75, 3.05) is 11.4 Å². The summed E-state index contributed by atoms with van der Waals surface area (Å²) in [4.78, 5) is 13.4. The van der Waals surface area contributed by atoms with Crippen molar-refractivity contribution in [3.8, 4) is 5.75 Å². The number of nitrogens with zero attached hydrogens (tertiary/aromatic N) is 1. The Kier molecular flexibility index (Phi) is 4.77. The molecular weight excluding hydrogens is 250 g/mol. The van der Waals surface area contributed by atoms with Gasteiger partial charge in [0.1, 0.15) is 11.5 Å². The first-order valence-electron chi connectivity index (χ1n) is 6.69. The van der Waals surface area contributed by atoms with E-state index in [2.05, 4.69) is 0 Å². The van der Waals surface area contributed by atoms with Crippen LogP contribution in [-0.4, -0.2) is 18.6 Å². The zero-order chi connectivity index (χ0) is 14.4. The van der Waals surface area contributed by atoms with Crippen LogP contribution in [0.5, 0.6) is 5.75 Å². The van der Waals surface area contributed by atoms with Gasteiger partial charge in [0.05, 0.1) is 6.54 Å². The fourth-order valence-electron chi connectivity index (χ4n) is 2.05. The van der Waals surface area contributed by atoms with Gasteiger partial charge in [-0.3, -0.25) is 4.79 Å². The second-order valence-electron chi connectivity index (χ2n) is 4.70. The summed E-state index contributed by atoms with van der Waals surface area (Å²) in [7, 11) is 0. The number of anilines is 1. The van der Waals surface area contributed by atoms with E-state index in [1.807, 2.05) is 72.5 Å². The van der Waals surface area contributed by atoms with E-state index < -0.39 is 0 Å². The Labute approximate surface area is 119 Å². The number of Topliss-reactive ketones (excluding diaryl/α,β-unsaturated/α-hetero) is 1. The Morgan fingerprint density at radius 2 is 1.60 bits per heavy atom. The summed E-state index contributed by atoms with van der Waals surface area (Å²) in [6, 6.07) is 19.5. The largest absolute Gasteiger partial charge is 0.471 e. The topological polar surface area (TPSA) is 29.5 Å². The van der Waals surface area contributed by atoms with Crippen molar-refractivity contribution in [3.63, 3.8) is 0 Å². The van der Waals surface area contributed by atoms with Crippen LogP contribution in [0, 0.1) is 0 Å². The molecule has 0 spiro atoms. The predicted octanol–water partition coefficient (Wildman–Crippen LogP) is 3.51. The van der Waals surface area contributed by atoms with E-state index in [1.54, 1.807) is 6.92 Å². The molecule has 1 atom stereocenters. The molecule has 0 bridgehead atoms. The van der Waals surface area contributed by atoms with Crippen molar-refractivity contribution in [1.29, 1.82) is 0 Å². The molecule has 0 radical (unpaired) electrons. The third-order valence-corrected chi connectivity index (χ3v) is 2.97. The number of ketones is 1. The maximum absolute atomic E-state index is 11.5. The summed E-state index contributed by atoms with van der Waals surface area (Å²) in [6.07, 6.45) is -0.219. The van der Waals surface area contributed by atoms with Crippen LogP contribution in [0.2, 0.25) is 0 Å². The van der Waals surface area contributed by atoms with E-state index in [0.717, 1.165) is 11.4 Å². The first kappa shape index (κ1) is 14.1. The average Bonchev–Trinajstić information content (AvgIpc) is 2.46. The molecule has 0 fully saturated rings. The third-order valence-electron chi connectivity index (χ3n) is 2.97. The van der Waals surface area contributed by atoms with Gasteiger partial charge in [0.25, 0.3) is 0 Å². The summed E-state index contributed by atoms with van der Waals surface area (Å²) < 4.78 is 5.91. The number of rotatable bonds is 6. The number of carbonyl (C=O) groups is 1. The van der Waals surface area contributed by atoms with Gasteiger partial charge in [-0.2, -0.15) is 0 Å². The highest BCUT2D eigenvalue weighted by molar-refractivity contribution is 5.81. The van der Waals surface area contributed by atoms with Gasteiger partial charge in [-0.25, -0.2) is 0 Å². The molecule has 0 aliphatic rings. The summed E-state index contributed by atoms with van der Waals surface area (Å²) >= 11 is 0. The van der Waals surface area contributed by atoms with E-state index in [9.17, 15) is 4.79 Å². The Hall–Kier alpha value is -2.29. The molecule has 0 heterocycles. The second-order valence-corrected chi connectivity index (χ2v) is 4.70. The molecule has 0 aliphatic carbocycles. The van der Waals surface area contributed by atoms with Gasteiger partial charge in [0.15, 0.2) is 6.23 Å². The molecule has 3 nitrogen and oxygen atoms in total. The summed E-state index contributed by atoms with van der Waals surface area (Å²) in [5, 5.41) is 0. The van der Waals surface area contributed by atoms with Crippen LogP contribution in [0.3, 0.4) is 0 Å². The molecule has 2 aromatic rings. The first-order valence-corrected chi connectivity index (χ1v) is 6.69. The molecular formula is C17H19NO2. The zero-order valence-electron chi connectivity index (χ0n) is 11.8. The van der Waals surface area contributed by atoms with Crippen molar-refractivity contribution in [2.24, 2.45) is 0 Å². The van der Waals surface area contributed by atoms with Gasteiger partial charge in [-0.15, -0.1) is 0 Å². The molecule has 1 unspecified atom stereocenters. The molecule has 0 aliphatic heterocycles. The number of hydrogen-bond acceptors (Lipinski definition) is 3. The number of ether oxygens (including phenoxy) is 1. The molecule has 2 aromatic carbocycles. The fourth-order valence-corrected chi connectivity index (χ4v) is 2.05. The Morgan fingerprint density at radius 3 is 2.15 bits per heavy atom. The summed E-state index contributed by atoms with van der Waals surface area (Å²) in [5.74, 6) is 0.904. The molecule has 104 valence electrons. The molecule has 0 N–H and O–H groups in total. The second kappa shape index (κ2) is 6.75. The lowest BCUT2D eigenvalue weighted by Crippen LogP contribution is -2.40. The van der Waals surface area contributed by atoms with Crippen molar-refractivity contribution < 1.29 is 9.53 Å². The van der Waals surface area contributed by atoms with E-state index >= 15 is 0 Å². The van der Waals surface area contributed by atoms with E-state index in [1.165, 1.54) is 0 Å². The van der Waals surface area contributed by atoms with E-state index in [4.69, 9.17) is 4.74 Å². The van der Waals surface area contributed by atoms with Gasteiger partial charge in [0.2, 0.25) is 0 Å². The van der Waals surface area contributed by atoms with Crippen LogP contribution < -0.4 is 9.64 Å². The Bertz CT molecular complexity index is 539. The fraction of sp³-hybridized carbons (Fsp3) is 0.235. The first-order chi connectivity index (χ1) is 9.66. The predicted molar refractivity (Wildman–Crippen MR) is 81.0 cm³/mol. The van der Waals surface area contributed by atoms with Gasteiger partial charge in [0, 0.05) is 5.69 Å². The molecule has 0 aromatic heterocycles. The normalized spacial score (nSPS) is 11.7. The van der Waals surface area contributed by atoms with Crippen molar-refractivity contribution in [2.45, 2.75) is 20.1 Å². The highest BCUT2D eigenvalue weighted by atomic mass is 16.5. The number of hydrogen-bond donors (Lipinski definition) is 0. The SMILES string of the molecule is CC(=O)CN(c1ccccc1)C(C)Oc1ccccc1. The van der Waals surface area contributed by atoms with Gasteiger partial charge in [-0.05, 0) is 38.1 Å².